The molecule has 25 heavy (non-hydrogen) atoms. The maximum Gasteiger partial charge on any atom is 0.152 e. The molecule has 0 fully saturated rings. The summed E-state index contributed by atoms with van der Waals surface area (Å²) in [5.74, 6) is 1.79. The maximum atomic E-state index is 9.97. The molecule has 0 spiro atoms. The molecule has 0 unspecified atom stereocenters. The zero-order valence-corrected chi connectivity index (χ0v) is 15.0. The van der Waals surface area contributed by atoms with Crippen LogP contribution in [0.15, 0.2) is 18.2 Å². The van der Waals surface area contributed by atoms with Crippen molar-refractivity contribution in [3.05, 3.63) is 24.0 Å². The molecule has 7 heteroatoms. The summed E-state index contributed by atoms with van der Waals surface area (Å²) >= 11 is 0. The first-order chi connectivity index (χ1) is 11.8. The number of anilines is 1. The van der Waals surface area contributed by atoms with Crippen LogP contribution in [-0.2, 0) is 18.4 Å². The summed E-state index contributed by atoms with van der Waals surface area (Å²) in [5, 5.41) is 10.8. The van der Waals surface area contributed by atoms with Gasteiger partial charge in [-0.2, -0.15) is 0 Å². The molecule has 0 aliphatic rings. The standard InChI is InChI=1S/C18H24N4O3/c1-5-24-9-13-21-15-16(22(13)4)14-11(20-17(15)19)7-6-8-12(14)25-10-18(2,3)23/h6-8,23H,5,9-10H2,1-4H3,(H2,19,20). The molecule has 0 bridgehead atoms. The van der Waals surface area contributed by atoms with Gasteiger partial charge >= 0.3 is 0 Å². The van der Waals surface area contributed by atoms with Crippen molar-refractivity contribution in [2.45, 2.75) is 33.0 Å². The van der Waals surface area contributed by atoms with Crippen LogP contribution in [0.3, 0.4) is 0 Å². The predicted octanol–water partition coefficient (Wildman–Crippen LogP) is 2.39. The van der Waals surface area contributed by atoms with Crippen LogP contribution >= 0.6 is 0 Å². The lowest BCUT2D eigenvalue weighted by atomic mass is 10.1. The van der Waals surface area contributed by atoms with Crippen LogP contribution in [0.2, 0.25) is 0 Å². The van der Waals surface area contributed by atoms with E-state index in [1.54, 1.807) is 13.8 Å². The highest BCUT2D eigenvalue weighted by molar-refractivity contribution is 6.09. The minimum Gasteiger partial charge on any atom is -0.490 e. The number of hydrogen-bond donors (Lipinski definition) is 2. The van der Waals surface area contributed by atoms with Crippen LogP contribution in [0.1, 0.15) is 26.6 Å². The molecule has 0 aliphatic carbocycles. The number of nitrogens with two attached hydrogens (primary N) is 1. The Morgan fingerprint density at radius 2 is 2.04 bits per heavy atom. The normalized spacial score (nSPS) is 12.2. The second-order valence-corrected chi connectivity index (χ2v) is 6.67. The van der Waals surface area contributed by atoms with E-state index in [2.05, 4.69) is 9.97 Å². The van der Waals surface area contributed by atoms with Gasteiger partial charge in [-0.25, -0.2) is 9.97 Å². The Morgan fingerprint density at radius 1 is 1.28 bits per heavy atom. The lowest BCUT2D eigenvalue weighted by Gasteiger charge is -2.19. The fourth-order valence-electron chi connectivity index (χ4n) is 2.74. The van der Waals surface area contributed by atoms with E-state index in [1.165, 1.54) is 0 Å². The van der Waals surface area contributed by atoms with Crippen LogP contribution in [0.5, 0.6) is 5.75 Å². The quantitative estimate of drug-likeness (QED) is 0.713. The van der Waals surface area contributed by atoms with Crippen molar-refractivity contribution in [3.63, 3.8) is 0 Å². The maximum absolute atomic E-state index is 9.97. The highest BCUT2D eigenvalue weighted by atomic mass is 16.5. The number of aromatic nitrogens is 3. The molecule has 3 aromatic rings. The minimum absolute atomic E-state index is 0.168. The second kappa shape index (κ2) is 6.50. The fourth-order valence-corrected chi connectivity index (χ4v) is 2.74. The van der Waals surface area contributed by atoms with Gasteiger partial charge in [-0.1, -0.05) is 6.07 Å². The summed E-state index contributed by atoms with van der Waals surface area (Å²) in [5.41, 5.74) is 7.39. The molecule has 0 saturated heterocycles. The van der Waals surface area contributed by atoms with E-state index in [4.69, 9.17) is 15.2 Å². The number of ether oxygens (including phenoxy) is 2. The number of fused-ring (bicyclic) bond motifs is 3. The summed E-state index contributed by atoms with van der Waals surface area (Å²) in [6, 6.07) is 5.61. The minimum atomic E-state index is -0.935. The number of nitrogen functional groups attached to an aromatic ring is 1. The van der Waals surface area contributed by atoms with Gasteiger partial charge in [-0.15, -0.1) is 0 Å². The molecule has 0 radical (unpaired) electrons. The van der Waals surface area contributed by atoms with Crippen molar-refractivity contribution in [1.29, 1.82) is 0 Å². The number of pyridine rings is 1. The molecule has 0 saturated carbocycles. The molecule has 134 valence electrons. The molecule has 0 amide bonds. The average molecular weight is 344 g/mol. The fraction of sp³-hybridized carbons (Fsp3) is 0.444. The number of imidazole rings is 1. The van der Waals surface area contributed by atoms with Gasteiger partial charge in [0.25, 0.3) is 0 Å². The van der Waals surface area contributed by atoms with E-state index in [-0.39, 0.29) is 6.61 Å². The molecule has 7 nitrogen and oxygen atoms in total. The van der Waals surface area contributed by atoms with E-state index in [1.807, 2.05) is 36.7 Å². The Hall–Kier alpha value is -2.38. The van der Waals surface area contributed by atoms with Gasteiger partial charge in [-0.05, 0) is 32.9 Å². The Labute approximate surface area is 146 Å². The third-order valence-electron chi connectivity index (χ3n) is 3.93. The first kappa shape index (κ1) is 17.4. The average Bonchev–Trinajstić information content (AvgIpc) is 2.88. The van der Waals surface area contributed by atoms with Gasteiger partial charge in [0, 0.05) is 13.7 Å². The predicted molar refractivity (Wildman–Crippen MR) is 97.6 cm³/mol. The van der Waals surface area contributed by atoms with Gasteiger partial charge in [0.2, 0.25) is 0 Å². The van der Waals surface area contributed by atoms with Gasteiger partial charge in [-0.3, -0.25) is 0 Å². The number of nitrogens with zero attached hydrogens (tertiary/aromatic N) is 3. The lowest BCUT2D eigenvalue weighted by Crippen LogP contribution is -2.27. The highest BCUT2D eigenvalue weighted by Crippen LogP contribution is 2.34. The van der Waals surface area contributed by atoms with E-state index in [0.29, 0.717) is 30.3 Å². The van der Waals surface area contributed by atoms with Crippen molar-refractivity contribution in [2.24, 2.45) is 7.05 Å². The van der Waals surface area contributed by atoms with Crippen LogP contribution in [0.25, 0.3) is 21.9 Å². The number of hydrogen-bond acceptors (Lipinski definition) is 6. The summed E-state index contributed by atoms with van der Waals surface area (Å²) in [4.78, 5) is 9.06. The Bertz CT molecular complexity index is 912. The molecular formula is C18H24N4O3. The number of rotatable bonds is 6. The topological polar surface area (TPSA) is 95.4 Å². The number of aliphatic hydroxyl groups is 1. The summed E-state index contributed by atoms with van der Waals surface area (Å²) in [7, 11) is 1.93. The van der Waals surface area contributed by atoms with Crippen LogP contribution in [0.4, 0.5) is 5.82 Å². The van der Waals surface area contributed by atoms with Crippen LogP contribution in [0, 0.1) is 0 Å². The third-order valence-corrected chi connectivity index (χ3v) is 3.93. The summed E-state index contributed by atoms with van der Waals surface area (Å²) in [6.45, 7) is 6.52. The first-order valence-electron chi connectivity index (χ1n) is 8.28. The van der Waals surface area contributed by atoms with E-state index < -0.39 is 5.60 Å². The van der Waals surface area contributed by atoms with Crippen molar-refractivity contribution < 1.29 is 14.6 Å². The van der Waals surface area contributed by atoms with Crippen molar-refractivity contribution in [1.82, 2.24) is 14.5 Å². The van der Waals surface area contributed by atoms with E-state index in [9.17, 15) is 5.11 Å². The Balaban J connectivity index is 2.22. The molecule has 2 aromatic heterocycles. The zero-order valence-electron chi connectivity index (χ0n) is 15.0. The molecule has 0 aliphatic heterocycles. The molecule has 3 N–H and O–H groups in total. The largest absolute Gasteiger partial charge is 0.490 e. The SMILES string of the molecule is CCOCc1nc2c(N)nc3cccc(OCC(C)(C)O)c3c2n1C. The molecular weight excluding hydrogens is 320 g/mol. The smallest absolute Gasteiger partial charge is 0.152 e. The van der Waals surface area contributed by atoms with Crippen molar-refractivity contribution in [2.75, 3.05) is 18.9 Å². The van der Waals surface area contributed by atoms with Crippen LogP contribution < -0.4 is 10.5 Å². The van der Waals surface area contributed by atoms with Crippen molar-refractivity contribution in [3.8, 4) is 5.75 Å². The van der Waals surface area contributed by atoms with Gasteiger partial charge < -0.3 is 24.9 Å². The third kappa shape index (κ3) is 3.38. The Morgan fingerprint density at radius 3 is 2.72 bits per heavy atom. The lowest BCUT2D eigenvalue weighted by molar-refractivity contribution is 0.0290. The second-order valence-electron chi connectivity index (χ2n) is 6.67. The number of aryl methyl sites for hydroxylation is 1. The van der Waals surface area contributed by atoms with Crippen molar-refractivity contribution >= 4 is 27.8 Å². The van der Waals surface area contributed by atoms with Gasteiger partial charge in [0.1, 0.15) is 30.3 Å². The molecule has 2 heterocycles. The van der Waals surface area contributed by atoms with E-state index >= 15 is 0 Å². The number of benzene rings is 1. The zero-order chi connectivity index (χ0) is 18.2. The first-order valence-corrected chi connectivity index (χ1v) is 8.28. The van der Waals surface area contributed by atoms with E-state index in [0.717, 1.165) is 22.2 Å². The molecule has 3 rings (SSSR count). The highest BCUT2D eigenvalue weighted by Gasteiger charge is 2.20. The van der Waals surface area contributed by atoms with Crippen LogP contribution in [-0.4, -0.2) is 38.5 Å². The molecule has 1 aromatic carbocycles. The van der Waals surface area contributed by atoms with Gasteiger partial charge in [0.05, 0.1) is 22.0 Å². The monoisotopic (exact) mass is 344 g/mol. The summed E-state index contributed by atoms with van der Waals surface area (Å²) in [6.07, 6.45) is 0. The Kier molecular flexibility index (Phi) is 4.53. The molecule has 0 atom stereocenters. The van der Waals surface area contributed by atoms with Gasteiger partial charge in [0.15, 0.2) is 5.82 Å². The summed E-state index contributed by atoms with van der Waals surface area (Å²) < 4.78 is 13.3.